The van der Waals surface area contributed by atoms with Gasteiger partial charge in [-0.2, -0.15) is 18.4 Å². The number of piperidine rings is 1. The molecule has 0 aliphatic carbocycles. The molecular weight excluding hydrogens is 443 g/mol. The molecule has 1 amide bonds. The molecule has 34 heavy (non-hydrogen) atoms. The topological polar surface area (TPSA) is 67.6 Å². The maximum atomic E-state index is 13.4. The van der Waals surface area contributed by atoms with Crippen LogP contribution in [0.15, 0.2) is 42.5 Å². The first kappa shape index (κ1) is 24.1. The molecule has 1 N–H and O–H groups in total. The van der Waals surface area contributed by atoms with Gasteiger partial charge in [-0.15, -0.1) is 0 Å². The van der Waals surface area contributed by atoms with E-state index in [4.69, 9.17) is 5.26 Å². The van der Waals surface area contributed by atoms with E-state index < -0.39 is 17.3 Å². The largest absolute Gasteiger partial charge is 0.417 e. The molecule has 2 saturated heterocycles. The van der Waals surface area contributed by atoms with Crippen molar-refractivity contribution >= 4 is 11.6 Å². The Balaban J connectivity index is 1.49. The summed E-state index contributed by atoms with van der Waals surface area (Å²) in [4.78, 5) is 16.7. The number of halogens is 3. The minimum absolute atomic E-state index is 0.0187. The molecule has 2 aromatic carbocycles. The zero-order chi connectivity index (χ0) is 24.5. The quantitative estimate of drug-likeness (QED) is 0.714. The molecule has 5 nitrogen and oxygen atoms in total. The second kappa shape index (κ2) is 9.30. The Morgan fingerprint density at radius 3 is 2.41 bits per heavy atom. The number of hydrogen-bond donors (Lipinski definition) is 1. The van der Waals surface area contributed by atoms with Gasteiger partial charge in [-0.1, -0.05) is 19.1 Å². The summed E-state index contributed by atoms with van der Waals surface area (Å²) in [5, 5.41) is 19.2. The maximum Gasteiger partial charge on any atom is 0.417 e. The van der Waals surface area contributed by atoms with Crippen molar-refractivity contribution in [3.63, 3.8) is 0 Å². The fourth-order valence-corrected chi connectivity index (χ4v) is 5.33. The molecule has 1 spiro atoms. The predicted molar refractivity (Wildman–Crippen MR) is 122 cm³/mol. The van der Waals surface area contributed by atoms with Gasteiger partial charge in [-0.3, -0.25) is 4.79 Å². The summed E-state index contributed by atoms with van der Waals surface area (Å²) in [6.45, 7) is 4.02. The zero-order valence-electron chi connectivity index (χ0n) is 19.1. The highest BCUT2D eigenvalue weighted by atomic mass is 19.4. The van der Waals surface area contributed by atoms with Crippen LogP contribution in [0.1, 0.15) is 46.8 Å². The van der Waals surface area contributed by atoms with Crippen LogP contribution in [0, 0.1) is 22.7 Å². The Hall–Kier alpha value is -3.05. The third kappa shape index (κ3) is 4.49. The lowest BCUT2D eigenvalue weighted by Gasteiger charge is -2.42. The number of amides is 1. The van der Waals surface area contributed by atoms with Gasteiger partial charge in [0.15, 0.2) is 0 Å². The number of carbonyl (C=O) groups is 1. The Labute approximate surface area is 197 Å². The molecule has 2 aromatic rings. The number of carbonyl (C=O) groups excluding carboxylic acids is 1. The van der Waals surface area contributed by atoms with Crippen LogP contribution in [-0.2, 0) is 12.6 Å². The number of aliphatic hydroxyl groups is 1. The third-order valence-corrected chi connectivity index (χ3v) is 7.48. The van der Waals surface area contributed by atoms with Gasteiger partial charge in [0.1, 0.15) is 0 Å². The number of alkyl halides is 3. The first-order valence-corrected chi connectivity index (χ1v) is 11.6. The van der Waals surface area contributed by atoms with Crippen molar-refractivity contribution in [3.8, 4) is 6.07 Å². The number of anilines is 1. The number of benzene rings is 2. The molecule has 2 aliphatic rings. The average molecular weight is 472 g/mol. The number of aryl methyl sites for hydroxylation is 1. The van der Waals surface area contributed by atoms with Crippen molar-refractivity contribution in [1.82, 2.24) is 4.90 Å². The first-order valence-electron chi connectivity index (χ1n) is 11.6. The van der Waals surface area contributed by atoms with E-state index >= 15 is 0 Å². The Morgan fingerprint density at radius 2 is 1.85 bits per heavy atom. The third-order valence-electron chi connectivity index (χ3n) is 7.48. The van der Waals surface area contributed by atoms with Crippen LogP contribution >= 0.6 is 0 Å². The van der Waals surface area contributed by atoms with Gasteiger partial charge in [0.2, 0.25) is 0 Å². The minimum Gasteiger partial charge on any atom is -0.396 e. The van der Waals surface area contributed by atoms with Gasteiger partial charge >= 0.3 is 6.18 Å². The van der Waals surface area contributed by atoms with E-state index in [0.29, 0.717) is 50.3 Å². The molecular formula is C26H28F3N3O2. The molecule has 2 fully saturated rings. The fourth-order valence-electron chi connectivity index (χ4n) is 5.33. The van der Waals surface area contributed by atoms with Crippen LogP contribution < -0.4 is 4.90 Å². The van der Waals surface area contributed by atoms with Crippen molar-refractivity contribution in [2.75, 3.05) is 37.7 Å². The molecule has 0 radical (unpaired) electrons. The number of hydrogen-bond acceptors (Lipinski definition) is 4. The van der Waals surface area contributed by atoms with Crippen LogP contribution in [-0.4, -0.2) is 48.7 Å². The van der Waals surface area contributed by atoms with Gasteiger partial charge in [0, 0.05) is 50.0 Å². The fraction of sp³-hybridized carbons (Fsp3) is 0.462. The van der Waals surface area contributed by atoms with Gasteiger partial charge in [-0.05, 0) is 60.6 Å². The lowest BCUT2D eigenvalue weighted by molar-refractivity contribution is -0.137. The van der Waals surface area contributed by atoms with Crippen LogP contribution in [0.4, 0.5) is 18.9 Å². The van der Waals surface area contributed by atoms with Gasteiger partial charge < -0.3 is 14.9 Å². The van der Waals surface area contributed by atoms with E-state index in [-0.39, 0.29) is 23.8 Å². The lowest BCUT2D eigenvalue weighted by atomic mass is 9.71. The minimum atomic E-state index is -4.62. The highest BCUT2D eigenvalue weighted by Gasteiger charge is 2.48. The van der Waals surface area contributed by atoms with Crippen molar-refractivity contribution < 1.29 is 23.1 Å². The number of aliphatic hydroxyl groups excluding tert-OH is 1. The number of nitrogens with zero attached hydrogens (tertiary/aromatic N) is 3. The molecule has 2 aliphatic heterocycles. The summed E-state index contributed by atoms with van der Waals surface area (Å²) >= 11 is 0. The van der Waals surface area contributed by atoms with E-state index in [1.807, 2.05) is 34.1 Å². The van der Waals surface area contributed by atoms with E-state index in [1.54, 1.807) is 12.1 Å². The van der Waals surface area contributed by atoms with Gasteiger partial charge in [0.05, 0.1) is 17.2 Å². The second-order valence-corrected chi connectivity index (χ2v) is 9.30. The van der Waals surface area contributed by atoms with Crippen LogP contribution in [0.25, 0.3) is 0 Å². The van der Waals surface area contributed by atoms with E-state index in [2.05, 4.69) is 6.92 Å². The number of nitriles is 1. The molecule has 4 rings (SSSR count). The number of rotatable bonds is 4. The summed E-state index contributed by atoms with van der Waals surface area (Å²) in [5.41, 5.74) is 0.603. The number of likely N-dealkylation sites (tertiary alicyclic amines) is 1. The molecule has 180 valence electrons. The Kier molecular flexibility index (Phi) is 6.59. The lowest BCUT2D eigenvalue weighted by Crippen LogP contribution is -2.47. The normalized spacial score (nSPS) is 19.9. The van der Waals surface area contributed by atoms with Crippen LogP contribution in [0.2, 0.25) is 0 Å². The summed E-state index contributed by atoms with van der Waals surface area (Å²) in [5.74, 6) is -0.117. The van der Waals surface area contributed by atoms with Crippen molar-refractivity contribution in [2.45, 2.75) is 32.4 Å². The van der Waals surface area contributed by atoms with Crippen LogP contribution in [0.5, 0.6) is 0 Å². The summed E-state index contributed by atoms with van der Waals surface area (Å²) in [6.07, 6.45) is -2.36. The molecule has 0 aromatic heterocycles. The van der Waals surface area contributed by atoms with Crippen molar-refractivity contribution in [3.05, 3.63) is 64.7 Å². The van der Waals surface area contributed by atoms with E-state index in [9.17, 15) is 23.1 Å². The highest BCUT2D eigenvalue weighted by Crippen LogP contribution is 2.46. The molecule has 1 atom stereocenters. The SMILES string of the molecule is CCc1ccc(C(=O)N2CCC3(CC2)CN(c2ccc(C#N)c(C(F)(F)F)c2)CC3CO)cc1. The smallest absolute Gasteiger partial charge is 0.396 e. The van der Waals surface area contributed by atoms with Crippen molar-refractivity contribution in [2.24, 2.45) is 11.3 Å². The molecule has 2 heterocycles. The summed E-state index contributed by atoms with van der Waals surface area (Å²) in [7, 11) is 0. The Morgan fingerprint density at radius 1 is 1.18 bits per heavy atom. The predicted octanol–water partition coefficient (Wildman–Crippen LogP) is 4.49. The molecule has 8 heteroatoms. The average Bonchev–Trinajstić information content (AvgIpc) is 3.21. The standard InChI is InChI=1S/C26H28F3N3O2/c1-2-18-3-5-19(6-4-18)24(34)31-11-9-25(10-12-31)17-32(15-21(25)16-33)22-8-7-20(14-30)23(13-22)26(27,28)29/h3-8,13,21,33H,2,9-12,15-17H2,1H3. The van der Waals surface area contributed by atoms with Gasteiger partial charge in [0.25, 0.3) is 5.91 Å². The molecule has 0 saturated carbocycles. The first-order chi connectivity index (χ1) is 16.2. The van der Waals surface area contributed by atoms with E-state index in [0.717, 1.165) is 12.5 Å². The second-order valence-electron chi connectivity index (χ2n) is 9.30. The highest BCUT2D eigenvalue weighted by molar-refractivity contribution is 5.94. The summed E-state index contributed by atoms with van der Waals surface area (Å²) in [6, 6.07) is 13.0. The van der Waals surface area contributed by atoms with Crippen molar-refractivity contribution in [1.29, 1.82) is 5.26 Å². The molecule has 1 unspecified atom stereocenters. The molecule has 0 bridgehead atoms. The zero-order valence-corrected chi connectivity index (χ0v) is 19.1. The Bertz CT molecular complexity index is 1080. The van der Waals surface area contributed by atoms with Gasteiger partial charge in [-0.25, -0.2) is 0 Å². The maximum absolute atomic E-state index is 13.4. The van der Waals surface area contributed by atoms with E-state index in [1.165, 1.54) is 11.6 Å². The monoisotopic (exact) mass is 471 g/mol. The van der Waals surface area contributed by atoms with Crippen LogP contribution in [0.3, 0.4) is 0 Å². The summed E-state index contributed by atoms with van der Waals surface area (Å²) < 4.78 is 40.3.